The van der Waals surface area contributed by atoms with Crippen LogP contribution in [0.1, 0.15) is 11.1 Å². The molecule has 1 saturated heterocycles. The zero-order chi connectivity index (χ0) is 17.1. The first kappa shape index (κ1) is 16.2. The van der Waals surface area contributed by atoms with Crippen LogP contribution in [0.2, 0.25) is 0 Å². The monoisotopic (exact) mass is 337 g/mol. The maximum absolute atomic E-state index is 5.34. The Hall–Kier alpha value is -2.30. The van der Waals surface area contributed by atoms with Gasteiger partial charge in [0, 0.05) is 28.2 Å². The molecule has 0 atom stereocenters. The number of quaternary nitrogens is 2. The lowest BCUT2D eigenvalue weighted by Gasteiger charge is -2.29. The molecule has 0 spiro atoms. The third-order valence-electron chi connectivity index (χ3n) is 5.37. The highest BCUT2D eigenvalue weighted by Crippen LogP contribution is 2.16. The normalized spacial score (nSPS) is 20.7. The minimum absolute atomic E-state index is 0.959. The number of rotatable bonds is 5. The lowest BCUT2D eigenvalue weighted by molar-refractivity contribution is -1.02. The smallest absolute Gasteiger partial charge is 0.127 e. The predicted octanol–water partition coefficient (Wildman–Crippen LogP) is 0.660. The summed E-state index contributed by atoms with van der Waals surface area (Å²) in [6.45, 7) is 7.15. The molecule has 3 N–H and O–H groups in total. The van der Waals surface area contributed by atoms with Crippen molar-refractivity contribution in [1.82, 2.24) is 4.98 Å². The summed E-state index contributed by atoms with van der Waals surface area (Å²) < 4.78 is 5.34. The van der Waals surface area contributed by atoms with Crippen LogP contribution in [-0.2, 0) is 13.1 Å². The van der Waals surface area contributed by atoms with Crippen molar-refractivity contribution in [3.8, 4) is 5.75 Å². The number of ether oxygens (including phenoxy) is 1. The number of fused-ring (bicyclic) bond motifs is 1. The van der Waals surface area contributed by atoms with Crippen molar-refractivity contribution < 1.29 is 14.5 Å². The van der Waals surface area contributed by atoms with E-state index >= 15 is 0 Å². The summed E-state index contributed by atoms with van der Waals surface area (Å²) in [5, 5.41) is 1.38. The highest BCUT2D eigenvalue weighted by molar-refractivity contribution is 5.82. The Morgan fingerprint density at radius 2 is 1.68 bits per heavy atom. The Morgan fingerprint density at radius 3 is 2.48 bits per heavy atom. The second-order valence-electron chi connectivity index (χ2n) is 7.06. The second-order valence-corrected chi connectivity index (χ2v) is 7.06. The molecule has 3 aromatic rings. The van der Waals surface area contributed by atoms with Crippen molar-refractivity contribution in [3.63, 3.8) is 0 Å². The van der Waals surface area contributed by atoms with E-state index in [1.54, 1.807) is 16.9 Å². The van der Waals surface area contributed by atoms with Gasteiger partial charge in [0.2, 0.25) is 0 Å². The standard InChI is InChI=1S/C21H25N3O/c1-25-19-6-4-5-17(13-19)15-23-9-11-24(12-10-23)16-18-14-22-21-8-3-2-7-20(18)21/h2-8,13-14,22H,9-12,15-16H2,1H3/p+2. The lowest BCUT2D eigenvalue weighted by Crippen LogP contribution is -3.27. The van der Waals surface area contributed by atoms with Crippen LogP contribution in [-0.4, -0.2) is 38.3 Å². The first-order chi connectivity index (χ1) is 12.3. The van der Waals surface area contributed by atoms with Crippen LogP contribution in [0.25, 0.3) is 10.9 Å². The van der Waals surface area contributed by atoms with Crippen molar-refractivity contribution in [1.29, 1.82) is 0 Å². The summed E-state index contributed by atoms with van der Waals surface area (Å²) in [5.74, 6) is 0.959. The topological polar surface area (TPSA) is 33.9 Å². The van der Waals surface area contributed by atoms with E-state index in [4.69, 9.17) is 4.74 Å². The molecule has 0 aliphatic carbocycles. The molecular formula is C21H27N3O+2. The third-order valence-corrected chi connectivity index (χ3v) is 5.37. The van der Waals surface area contributed by atoms with E-state index in [0.717, 1.165) is 18.8 Å². The molecule has 1 aromatic heterocycles. The second kappa shape index (κ2) is 7.30. The zero-order valence-corrected chi connectivity index (χ0v) is 14.8. The highest BCUT2D eigenvalue weighted by Gasteiger charge is 2.24. The van der Waals surface area contributed by atoms with E-state index in [2.05, 4.69) is 53.6 Å². The molecule has 0 amide bonds. The molecule has 0 radical (unpaired) electrons. The van der Waals surface area contributed by atoms with Gasteiger partial charge in [-0.3, -0.25) is 0 Å². The molecule has 1 aliphatic rings. The SMILES string of the molecule is COc1cccc(C[NH+]2CC[NH+](Cc3c[nH]c4ccccc34)CC2)c1. The van der Waals surface area contributed by atoms with Crippen LogP contribution in [0.5, 0.6) is 5.75 Å². The van der Waals surface area contributed by atoms with Crippen LogP contribution in [0.3, 0.4) is 0 Å². The molecule has 130 valence electrons. The van der Waals surface area contributed by atoms with Gasteiger partial charge >= 0.3 is 0 Å². The van der Waals surface area contributed by atoms with E-state index in [0.29, 0.717) is 0 Å². The van der Waals surface area contributed by atoms with Gasteiger partial charge in [0.15, 0.2) is 0 Å². The van der Waals surface area contributed by atoms with Crippen molar-refractivity contribution in [2.24, 2.45) is 0 Å². The predicted molar refractivity (Wildman–Crippen MR) is 100 cm³/mol. The Kier molecular flexibility index (Phi) is 4.72. The maximum atomic E-state index is 5.34. The van der Waals surface area contributed by atoms with Gasteiger partial charge in [-0.1, -0.05) is 30.3 Å². The molecule has 1 fully saturated rings. The van der Waals surface area contributed by atoms with Gasteiger partial charge in [-0.15, -0.1) is 0 Å². The van der Waals surface area contributed by atoms with Gasteiger partial charge in [-0.05, 0) is 18.2 Å². The number of aromatic amines is 1. The number of piperazine rings is 1. The third kappa shape index (κ3) is 3.70. The van der Waals surface area contributed by atoms with E-state index in [1.807, 2.05) is 6.07 Å². The van der Waals surface area contributed by atoms with Crippen LogP contribution in [0, 0.1) is 0 Å². The molecule has 2 heterocycles. The Balaban J connectivity index is 1.33. The Labute approximate surface area is 149 Å². The number of aromatic nitrogens is 1. The fraction of sp³-hybridized carbons (Fsp3) is 0.333. The average molecular weight is 337 g/mol. The molecule has 4 heteroatoms. The largest absolute Gasteiger partial charge is 0.497 e. The molecule has 0 unspecified atom stereocenters. The fourth-order valence-corrected chi connectivity index (χ4v) is 3.93. The van der Waals surface area contributed by atoms with Gasteiger partial charge in [-0.25, -0.2) is 0 Å². The van der Waals surface area contributed by atoms with E-state index < -0.39 is 0 Å². The number of para-hydroxylation sites is 1. The van der Waals surface area contributed by atoms with Gasteiger partial charge in [0.05, 0.1) is 7.11 Å². The number of hydrogen-bond acceptors (Lipinski definition) is 1. The summed E-state index contributed by atoms with van der Waals surface area (Å²) in [6.07, 6.45) is 2.19. The number of hydrogen-bond donors (Lipinski definition) is 3. The van der Waals surface area contributed by atoms with Gasteiger partial charge in [0.1, 0.15) is 45.0 Å². The molecule has 2 aromatic carbocycles. The minimum Gasteiger partial charge on any atom is -0.497 e. The number of methoxy groups -OCH3 is 1. The molecule has 1 aliphatic heterocycles. The fourth-order valence-electron chi connectivity index (χ4n) is 3.93. The maximum Gasteiger partial charge on any atom is 0.127 e. The first-order valence-electron chi connectivity index (χ1n) is 9.17. The summed E-state index contributed by atoms with van der Waals surface area (Å²) in [6, 6.07) is 17.1. The van der Waals surface area contributed by atoms with E-state index in [-0.39, 0.29) is 0 Å². The molecule has 0 saturated carbocycles. The van der Waals surface area contributed by atoms with Gasteiger partial charge in [0.25, 0.3) is 0 Å². The van der Waals surface area contributed by atoms with E-state index in [9.17, 15) is 0 Å². The van der Waals surface area contributed by atoms with Crippen LogP contribution in [0.4, 0.5) is 0 Å². The molecular weight excluding hydrogens is 310 g/mol. The average Bonchev–Trinajstić information content (AvgIpc) is 3.07. The number of benzene rings is 2. The van der Waals surface area contributed by atoms with Crippen LogP contribution in [0.15, 0.2) is 54.7 Å². The summed E-state index contributed by atoms with van der Waals surface area (Å²) in [4.78, 5) is 6.77. The summed E-state index contributed by atoms with van der Waals surface area (Å²) in [7, 11) is 1.73. The summed E-state index contributed by atoms with van der Waals surface area (Å²) in [5.41, 5.74) is 4.07. The minimum atomic E-state index is 0.959. The van der Waals surface area contributed by atoms with Crippen LogP contribution < -0.4 is 14.5 Å². The quantitative estimate of drug-likeness (QED) is 0.628. The number of H-pyrrole nitrogens is 1. The number of nitrogens with one attached hydrogen (secondary N) is 3. The van der Waals surface area contributed by atoms with Gasteiger partial charge < -0.3 is 19.5 Å². The first-order valence-corrected chi connectivity index (χ1v) is 9.17. The molecule has 4 rings (SSSR count). The highest BCUT2D eigenvalue weighted by atomic mass is 16.5. The van der Waals surface area contributed by atoms with Crippen LogP contribution >= 0.6 is 0 Å². The van der Waals surface area contributed by atoms with Crippen molar-refractivity contribution >= 4 is 10.9 Å². The van der Waals surface area contributed by atoms with Crippen molar-refractivity contribution in [2.45, 2.75) is 13.1 Å². The summed E-state index contributed by atoms with van der Waals surface area (Å²) >= 11 is 0. The van der Waals surface area contributed by atoms with Gasteiger partial charge in [-0.2, -0.15) is 0 Å². The Bertz CT molecular complexity index is 834. The molecule has 0 bridgehead atoms. The van der Waals surface area contributed by atoms with Crippen molar-refractivity contribution in [2.75, 3.05) is 33.3 Å². The molecule has 4 nitrogen and oxygen atoms in total. The zero-order valence-electron chi connectivity index (χ0n) is 14.8. The van der Waals surface area contributed by atoms with Crippen molar-refractivity contribution in [3.05, 3.63) is 65.9 Å². The van der Waals surface area contributed by atoms with E-state index in [1.165, 1.54) is 48.2 Å². The lowest BCUT2D eigenvalue weighted by atomic mass is 10.1. The molecule has 25 heavy (non-hydrogen) atoms. The Morgan fingerprint density at radius 1 is 0.920 bits per heavy atom.